The lowest BCUT2D eigenvalue weighted by Gasteiger charge is -2.39. The third-order valence-electron chi connectivity index (χ3n) is 9.70. The van der Waals surface area contributed by atoms with Crippen molar-refractivity contribution in [2.24, 2.45) is 11.8 Å². The zero-order valence-electron chi connectivity index (χ0n) is 26.1. The molecule has 2 aromatic carbocycles. The predicted molar refractivity (Wildman–Crippen MR) is 188 cm³/mol. The van der Waals surface area contributed by atoms with Crippen LogP contribution in [0.1, 0.15) is 57.9 Å². The third-order valence-corrected chi connectivity index (χ3v) is 10.2. The average Bonchev–Trinajstić information content (AvgIpc) is 3.04. The van der Waals surface area contributed by atoms with E-state index in [1.807, 2.05) is 12.1 Å². The number of benzene rings is 2. The Balaban J connectivity index is 1.19. The van der Waals surface area contributed by atoms with E-state index in [2.05, 4.69) is 87.7 Å². The Morgan fingerprint density at radius 2 is 1.45 bits per heavy atom. The molecular weight excluding hydrogens is 586 g/mol. The van der Waals surface area contributed by atoms with Crippen LogP contribution in [0.4, 0.5) is 23.3 Å². The number of nitrogens with one attached hydrogen (secondary N) is 2. The molecule has 1 aliphatic carbocycles. The first-order chi connectivity index (χ1) is 21.4. The largest absolute Gasteiger partial charge is 0.368 e. The maximum atomic E-state index is 6.23. The van der Waals surface area contributed by atoms with Gasteiger partial charge in [-0.15, -0.1) is 0 Å². The standard InChI is InChI=1S/C35H46ClN7S/c1-26-21-27(2)24-43(23-26)32-22-31(42-19-17-41(18-20-42)30-9-5-3-6-10-30)38-33(39-32)40-34(44)37-25-35(15-7-4-8-16-35)28-11-13-29(36)14-12-28/h3,5-6,9-14,22,26-27H,4,7-8,15-21,23-25H2,1-2H3,(H2,37,38,39,40,44)/t26-,27+. The molecule has 3 fully saturated rings. The van der Waals surface area contributed by atoms with Crippen LogP contribution in [-0.4, -0.2) is 60.9 Å². The molecular formula is C35H46ClN7S. The van der Waals surface area contributed by atoms with E-state index in [4.69, 9.17) is 33.8 Å². The highest BCUT2D eigenvalue weighted by Gasteiger charge is 2.34. The molecule has 0 unspecified atom stereocenters. The molecule has 2 atom stereocenters. The van der Waals surface area contributed by atoms with Crippen molar-refractivity contribution in [2.45, 2.75) is 57.8 Å². The molecule has 1 saturated carbocycles. The van der Waals surface area contributed by atoms with Crippen LogP contribution in [-0.2, 0) is 5.41 Å². The molecule has 6 rings (SSSR count). The number of anilines is 4. The van der Waals surface area contributed by atoms with E-state index >= 15 is 0 Å². The van der Waals surface area contributed by atoms with Crippen LogP contribution in [0.25, 0.3) is 0 Å². The highest BCUT2D eigenvalue weighted by atomic mass is 35.5. The highest BCUT2D eigenvalue weighted by Crippen LogP contribution is 2.39. The van der Waals surface area contributed by atoms with Crippen LogP contribution in [0.5, 0.6) is 0 Å². The van der Waals surface area contributed by atoms with E-state index in [0.717, 1.165) is 75.3 Å². The average molecular weight is 632 g/mol. The minimum Gasteiger partial charge on any atom is -0.368 e. The van der Waals surface area contributed by atoms with Crippen LogP contribution in [0.2, 0.25) is 5.02 Å². The molecule has 0 amide bonds. The lowest BCUT2D eigenvalue weighted by Crippen LogP contribution is -2.47. The number of nitrogens with zero attached hydrogens (tertiary/aromatic N) is 5. The minimum atomic E-state index is 0.0426. The van der Waals surface area contributed by atoms with Gasteiger partial charge in [-0.1, -0.05) is 75.0 Å². The van der Waals surface area contributed by atoms with Crippen molar-refractivity contribution in [3.63, 3.8) is 0 Å². The van der Waals surface area contributed by atoms with Gasteiger partial charge in [0.15, 0.2) is 5.11 Å². The van der Waals surface area contributed by atoms with Gasteiger partial charge in [0, 0.05) is 68.0 Å². The first kappa shape index (κ1) is 30.9. The summed E-state index contributed by atoms with van der Waals surface area (Å²) in [5, 5.41) is 8.30. The van der Waals surface area contributed by atoms with Gasteiger partial charge in [0.05, 0.1) is 0 Å². The molecule has 3 aliphatic rings. The number of hydrogen-bond acceptors (Lipinski definition) is 6. The van der Waals surface area contributed by atoms with Gasteiger partial charge < -0.3 is 25.3 Å². The van der Waals surface area contributed by atoms with Crippen molar-refractivity contribution in [2.75, 3.05) is 65.8 Å². The van der Waals surface area contributed by atoms with Gasteiger partial charge in [-0.05, 0) is 73.1 Å². The highest BCUT2D eigenvalue weighted by molar-refractivity contribution is 7.80. The Hall–Kier alpha value is -3.10. The molecule has 1 aromatic heterocycles. The van der Waals surface area contributed by atoms with Gasteiger partial charge in [-0.3, -0.25) is 0 Å². The van der Waals surface area contributed by atoms with E-state index < -0.39 is 0 Å². The second kappa shape index (κ2) is 13.9. The third kappa shape index (κ3) is 7.40. The number of piperazine rings is 1. The summed E-state index contributed by atoms with van der Waals surface area (Å²) in [7, 11) is 0. The molecule has 2 N–H and O–H groups in total. The quantitative estimate of drug-likeness (QED) is 0.267. The normalized spacial score (nSPS) is 22.0. The van der Waals surface area contributed by atoms with E-state index in [9.17, 15) is 0 Å². The topological polar surface area (TPSA) is 59.6 Å². The van der Waals surface area contributed by atoms with E-state index in [-0.39, 0.29) is 5.41 Å². The zero-order valence-corrected chi connectivity index (χ0v) is 27.7. The number of hydrogen-bond donors (Lipinski definition) is 2. The summed E-state index contributed by atoms with van der Waals surface area (Å²) in [6.45, 7) is 11.2. The van der Waals surface area contributed by atoms with Gasteiger partial charge in [0.1, 0.15) is 11.6 Å². The van der Waals surface area contributed by atoms with Crippen LogP contribution in [0.3, 0.4) is 0 Å². The fraction of sp³-hybridized carbons (Fsp3) is 0.514. The summed E-state index contributed by atoms with van der Waals surface area (Å²) in [5.74, 6) is 3.77. The summed E-state index contributed by atoms with van der Waals surface area (Å²) in [4.78, 5) is 17.3. The summed E-state index contributed by atoms with van der Waals surface area (Å²) in [6.07, 6.45) is 7.27. The van der Waals surface area contributed by atoms with Gasteiger partial charge in [-0.25, -0.2) is 0 Å². The molecule has 0 bridgehead atoms. The van der Waals surface area contributed by atoms with Crippen molar-refractivity contribution in [3.8, 4) is 0 Å². The number of para-hydroxylation sites is 1. The lowest BCUT2D eigenvalue weighted by atomic mass is 9.69. The maximum absolute atomic E-state index is 6.23. The van der Waals surface area contributed by atoms with Crippen molar-refractivity contribution in [1.29, 1.82) is 0 Å². The smallest absolute Gasteiger partial charge is 0.232 e. The minimum absolute atomic E-state index is 0.0426. The molecule has 0 radical (unpaired) electrons. The second-order valence-electron chi connectivity index (χ2n) is 13.2. The summed E-state index contributed by atoms with van der Waals surface area (Å²) in [6, 6.07) is 21.2. The van der Waals surface area contributed by atoms with Crippen LogP contribution in [0.15, 0.2) is 60.7 Å². The molecule has 7 nitrogen and oxygen atoms in total. The van der Waals surface area contributed by atoms with Crippen molar-refractivity contribution in [3.05, 3.63) is 71.2 Å². The predicted octanol–water partition coefficient (Wildman–Crippen LogP) is 7.13. The Morgan fingerprint density at radius 1 is 0.841 bits per heavy atom. The SMILES string of the molecule is C[C@@H]1C[C@H](C)CN(c2cc(N3CCN(c4ccccc4)CC3)nc(NC(=S)NCC3(c4ccc(Cl)cc4)CCCCC3)n2)C1. The lowest BCUT2D eigenvalue weighted by molar-refractivity contribution is 0.292. The van der Waals surface area contributed by atoms with Gasteiger partial charge in [-0.2, -0.15) is 9.97 Å². The van der Waals surface area contributed by atoms with E-state index in [0.29, 0.717) is 22.9 Å². The van der Waals surface area contributed by atoms with Crippen molar-refractivity contribution < 1.29 is 0 Å². The molecule has 2 saturated heterocycles. The number of rotatable bonds is 7. The molecule has 3 aromatic rings. The van der Waals surface area contributed by atoms with Gasteiger partial charge in [0.25, 0.3) is 0 Å². The molecule has 234 valence electrons. The number of piperidine rings is 1. The monoisotopic (exact) mass is 631 g/mol. The summed E-state index contributed by atoms with van der Waals surface area (Å²) >= 11 is 12.1. The first-order valence-corrected chi connectivity index (χ1v) is 17.2. The van der Waals surface area contributed by atoms with Gasteiger partial charge >= 0.3 is 0 Å². The van der Waals surface area contributed by atoms with Gasteiger partial charge in [0.2, 0.25) is 5.95 Å². The van der Waals surface area contributed by atoms with E-state index in [1.54, 1.807) is 0 Å². The Labute approximate surface area is 273 Å². The molecule has 44 heavy (non-hydrogen) atoms. The molecule has 3 heterocycles. The van der Waals surface area contributed by atoms with Crippen LogP contribution >= 0.6 is 23.8 Å². The number of thiocarbonyl (C=S) groups is 1. The van der Waals surface area contributed by atoms with Crippen LogP contribution < -0.4 is 25.3 Å². The molecule has 2 aliphatic heterocycles. The fourth-order valence-corrected chi connectivity index (χ4v) is 7.77. The summed E-state index contributed by atoms with van der Waals surface area (Å²) < 4.78 is 0. The molecule has 0 spiro atoms. The number of aromatic nitrogens is 2. The summed E-state index contributed by atoms with van der Waals surface area (Å²) in [5.41, 5.74) is 2.65. The number of halogens is 1. The Morgan fingerprint density at radius 3 is 2.11 bits per heavy atom. The van der Waals surface area contributed by atoms with Crippen molar-refractivity contribution in [1.82, 2.24) is 15.3 Å². The van der Waals surface area contributed by atoms with E-state index in [1.165, 1.54) is 36.9 Å². The Kier molecular flexibility index (Phi) is 9.77. The van der Waals surface area contributed by atoms with Crippen LogP contribution in [0, 0.1) is 11.8 Å². The maximum Gasteiger partial charge on any atom is 0.232 e. The Bertz CT molecular complexity index is 1380. The second-order valence-corrected chi connectivity index (χ2v) is 14.1. The fourth-order valence-electron chi connectivity index (χ4n) is 7.48. The first-order valence-electron chi connectivity index (χ1n) is 16.4. The molecule has 9 heteroatoms. The zero-order chi connectivity index (χ0) is 30.5. The van der Waals surface area contributed by atoms with Crippen molar-refractivity contribution >= 4 is 52.2 Å².